The molecule has 0 aromatic carbocycles. The van der Waals surface area contributed by atoms with Crippen LogP contribution in [0.3, 0.4) is 0 Å². The van der Waals surface area contributed by atoms with Crippen molar-refractivity contribution in [2.75, 3.05) is 6.61 Å². The molecule has 0 radical (unpaired) electrons. The number of hydrogen-bond acceptors (Lipinski definition) is 5. The van der Waals surface area contributed by atoms with Crippen molar-refractivity contribution in [2.45, 2.75) is 26.2 Å². The second-order valence-corrected chi connectivity index (χ2v) is 3.60. The molecule has 0 unspecified atom stereocenters. The van der Waals surface area contributed by atoms with E-state index in [9.17, 15) is 9.59 Å². The number of rotatable bonds is 3. The van der Waals surface area contributed by atoms with Gasteiger partial charge in [-0.3, -0.25) is 9.59 Å². The third kappa shape index (κ3) is 1.21. The van der Waals surface area contributed by atoms with Gasteiger partial charge in [0.25, 0.3) is 0 Å². The van der Waals surface area contributed by atoms with E-state index >= 15 is 0 Å². The molecule has 3 heterocycles. The summed E-state index contributed by atoms with van der Waals surface area (Å²) in [6.45, 7) is 2.08. The van der Waals surface area contributed by atoms with Crippen molar-refractivity contribution in [3.05, 3.63) is 0 Å². The highest BCUT2D eigenvalue weighted by atomic mass is 16.8. The molecule has 0 amide bonds. The molecule has 3 aliphatic rings. The number of hydrogen-bond donors (Lipinski definition) is 0. The minimum atomic E-state index is -1.19. The Balaban J connectivity index is 2.18. The average Bonchev–Trinajstić information content (AvgIpc) is 2.16. The van der Waals surface area contributed by atoms with Gasteiger partial charge in [-0.1, -0.05) is 19.8 Å². The molecule has 3 fully saturated rings. The lowest BCUT2D eigenvalue weighted by atomic mass is 9.79. The maximum atomic E-state index is 11.5. The van der Waals surface area contributed by atoms with Crippen LogP contribution in [0.15, 0.2) is 0 Å². The Morgan fingerprint density at radius 1 is 1.36 bits per heavy atom. The zero-order chi connectivity index (χ0) is 10.2. The van der Waals surface area contributed by atoms with Crippen molar-refractivity contribution in [1.29, 1.82) is 0 Å². The molecule has 0 N–H and O–H groups in total. The summed E-state index contributed by atoms with van der Waals surface area (Å²) < 4.78 is 14.5. The summed E-state index contributed by atoms with van der Waals surface area (Å²) in [4.78, 5) is 23.0. The van der Waals surface area contributed by atoms with Crippen LogP contribution in [0.5, 0.6) is 0 Å². The summed E-state index contributed by atoms with van der Waals surface area (Å²) in [6, 6.07) is 0. The van der Waals surface area contributed by atoms with Crippen molar-refractivity contribution >= 4 is 19.3 Å². The standard InChI is InChI=1S/C8H11BO5/c1-2-3-4-8-5-12-9(13-6(8)10)14-7(8)11/h2-5H2,1H3. The van der Waals surface area contributed by atoms with Crippen LogP contribution in [0, 0.1) is 5.41 Å². The molecule has 0 saturated carbocycles. The molecule has 0 atom stereocenters. The van der Waals surface area contributed by atoms with Gasteiger partial charge in [-0.25, -0.2) is 0 Å². The van der Waals surface area contributed by atoms with Crippen molar-refractivity contribution in [2.24, 2.45) is 5.41 Å². The predicted octanol–water partition coefficient (Wildman–Crippen LogP) is 0.278. The number of unbranched alkanes of at least 4 members (excludes halogenated alkanes) is 1. The molecule has 14 heavy (non-hydrogen) atoms. The first-order valence-corrected chi connectivity index (χ1v) is 4.73. The van der Waals surface area contributed by atoms with Crippen molar-refractivity contribution in [3.63, 3.8) is 0 Å². The second-order valence-electron chi connectivity index (χ2n) is 3.60. The fraction of sp³-hybridized carbons (Fsp3) is 0.750. The van der Waals surface area contributed by atoms with Gasteiger partial charge in [0.2, 0.25) is 0 Å². The van der Waals surface area contributed by atoms with Gasteiger partial charge in [0.05, 0.1) is 6.61 Å². The topological polar surface area (TPSA) is 61.8 Å². The first-order chi connectivity index (χ1) is 6.69. The lowest BCUT2D eigenvalue weighted by Crippen LogP contribution is -2.61. The molecule has 0 spiro atoms. The third-order valence-electron chi connectivity index (χ3n) is 2.61. The normalized spacial score (nSPS) is 23.4. The predicted molar refractivity (Wildman–Crippen MR) is 45.8 cm³/mol. The number of carbonyl (C=O) groups excluding carboxylic acids is 2. The van der Waals surface area contributed by atoms with Crippen LogP contribution in [0.4, 0.5) is 0 Å². The van der Waals surface area contributed by atoms with Gasteiger partial charge in [0, 0.05) is 0 Å². The number of fused-ring (bicyclic) bond motifs is 3. The van der Waals surface area contributed by atoms with Crippen LogP contribution in [0.1, 0.15) is 26.2 Å². The fourth-order valence-electron chi connectivity index (χ4n) is 1.66. The van der Waals surface area contributed by atoms with Crippen molar-refractivity contribution in [3.8, 4) is 0 Å². The van der Waals surface area contributed by atoms with Gasteiger partial charge >= 0.3 is 19.3 Å². The Morgan fingerprint density at radius 3 is 2.50 bits per heavy atom. The zero-order valence-corrected chi connectivity index (χ0v) is 7.95. The Kier molecular flexibility index (Phi) is 2.22. The molecule has 0 aliphatic carbocycles. The molecule has 2 bridgehead atoms. The average molecular weight is 198 g/mol. The van der Waals surface area contributed by atoms with Gasteiger partial charge in [0.1, 0.15) is 0 Å². The van der Waals surface area contributed by atoms with E-state index in [1.54, 1.807) is 0 Å². The van der Waals surface area contributed by atoms with Crippen molar-refractivity contribution < 1.29 is 23.6 Å². The highest BCUT2D eigenvalue weighted by molar-refractivity contribution is 6.46. The summed E-state index contributed by atoms with van der Waals surface area (Å²) in [6.07, 6.45) is 2.12. The SMILES string of the molecule is CCCCC12COB(OC1=O)OC2=O. The summed E-state index contributed by atoms with van der Waals surface area (Å²) in [7, 11) is -1.11. The summed E-state index contributed by atoms with van der Waals surface area (Å²) in [5, 5.41) is 0. The molecule has 76 valence electrons. The summed E-state index contributed by atoms with van der Waals surface area (Å²) in [5.41, 5.74) is -1.19. The fourth-order valence-corrected chi connectivity index (χ4v) is 1.66. The molecule has 5 nitrogen and oxygen atoms in total. The van der Waals surface area contributed by atoms with E-state index in [2.05, 4.69) is 0 Å². The molecular formula is C8H11BO5. The van der Waals surface area contributed by atoms with E-state index in [1.807, 2.05) is 6.92 Å². The van der Waals surface area contributed by atoms with E-state index < -0.39 is 24.7 Å². The second kappa shape index (κ2) is 3.27. The van der Waals surface area contributed by atoms with Gasteiger partial charge < -0.3 is 14.0 Å². The van der Waals surface area contributed by atoms with E-state index in [0.29, 0.717) is 6.42 Å². The maximum absolute atomic E-state index is 11.5. The Morgan fingerprint density at radius 2 is 2.00 bits per heavy atom. The van der Waals surface area contributed by atoms with Crippen LogP contribution in [-0.4, -0.2) is 25.9 Å². The van der Waals surface area contributed by atoms with Gasteiger partial charge in [0.15, 0.2) is 5.41 Å². The Labute approximate surface area is 81.9 Å². The highest BCUT2D eigenvalue weighted by Crippen LogP contribution is 2.37. The molecule has 3 aliphatic heterocycles. The quantitative estimate of drug-likeness (QED) is 0.481. The smallest absolute Gasteiger partial charge is 0.473 e. The molecule has 0 aromatic rings. The van der Waals surface area contributed by atoms with Crippen LogP contribution < -0.4 is 0 Å². The van der Waals surface area contributed by atoms with Crippen LogP contribution >= 0.6 is 0 Å². The van der Waals surface area contributed by atoms with E-state index in [4.69, 9.17) is 14.0 Å². The molecular weight excluding hydrogens is 187 g/mol. The monoisotopic (exact) mass is 198 g/mol. The molecule has 3 saturated heterocycles. The van der Waals surface area contributed by atoms with E-state index in [0.717, 1.165) is 12.8 Å². The molecule has 3 rings (SSSR count). The van der Waals surface area contributed by atoms with Crippen LogP contribution in [0.25, 0.3) is 0 Å². The van der Waals surface area contributed by atoms with Crippen LogP contribution in [-0.2, 0) is 23.6 Å². The highest BCUT2D eigenvalue weighted by Gasteiger charge is 2.61. The minimum Gasteiger partial charge on any atom is -0.473 e. The largest absolute Gasteiger partial charge is 0.791 e. The maximum Gasteiger partial charge on any atom is 0.791 e. The van der Waals surface area contributed by atoms with Gasteiger partial charge in [-0.2, -0.15) is 0 Å². The third-order valence-corrected chi connectivity index (χ3v) is 2.61. The van der Waals surface area contributed by atoms with Gasteiger partial charge in [-0.15, -0.1) is 0 Å². The van der Waals surface area contributed by atoms with Gasteiger partial charge in [-0.05, 0) is 6.42 Å². The van der Waals surface area contributed by atoms with E-state index in [-0.39, 0.29) is 6.61 Å². The Hall–Kier alpha value is -1.04. The lowest BCUT2D eigenvalue weighted by molar-refractivity contribution is -0.188. The first kappa shape index (κ1) is 9.52. The molecule has 6 heteroatoms. The summed E-state index contributed by atoms with van der Waals surface area (Å²) in [5.74, 6) is -1.00. The Bertz CT molecular complexity index is 259. The number of carbonyl (C=O) groups is 2. The summed E-state index contributed by atoms with van der Waals surface area (Å²) >= 11 is 0. The first-order valence-electron chi connectivity index (χ1n) is 4.73. The van der Waals surface area contributed by atoms with Crippen molar-refractivity contribution in [1.82, 2.24) is 0 Å². The minimum absolute atomic E-state index is 0.0926. The lowest BCUT2D eigenvalue weighted by Gasteiger charge is -2.39. The van der Waals surface area contributed by atoms with Crippen LogP contribution in [0.2, 0.25) is 0 Å². The van der Waals surface area contributed by atoms with E-state index in [1.165, 1.54) is 0 Å². The molecule has 0 aromatic heterocycles. The zero-order valence-electron chi connectivity index (χ0n) is 7.95.